The fourth-order valence-electron chi connectivity index (χ4n) is 3.51. The zero-order chi connectivity index (χ0) is 17.1. The first kappa shape index (κ1) is 16.1. The van der Waals surface area contributed by atoms with Gasteiger partial charge in [-0.25, -0.2) is 4.79 Å². The van der Waals surface area contributed by atoms with Gasteiger partial charge in [-0.2, -0.15) is 5.10 Å². The van der Waals surface area contributed by atoms with Crippen LogP contribution in [0, 0.1) is 5.92 Å². The topological polar surface area (TPSA) is 68.2 Å². The Morgan fingerprint density at radius 1 is 1.32 bits per heavy atom. The average molecular weight is 340 g/mol. The number of hydrogen-bond acceptors (Lipinski definition) is 3. The van der Waals surface area contributed by atoms with Crippen molar-refractivity contribution in [2.75, 3.05) is 18.5 Å². The fraction of sp³-hybridized carbons (Fsp3) is 0.474. The number of carbonyl (C=O) groups excluding carboxylic acids is 1. The van der Waals surface area contributed by atoms with Crippen LogP contribution in [0.1, 0.15) is 30.7 Å². The predicted molar refractivity (Wildman–Crippen MR) is 95.5 cm³/mol. The van der Waals surface area contributed by atoms with Gasteiger partial charge >= 0.3 is 6.03 Å². The molecule has 1 aromatic carbocycles. The lowest BCUT2D eigenvalue weighted by Crippen LogP contribution is -2.30. The van der Waals surface area contributed by atoms with Crippen molar-refractivity contribution in [3.05, 3.63) is 48.3 Å². The minimum Gasteiger partial charge on any atom is -0.376 e. The number of anilines is 1. The van der Waals surface area contributed by atoms with Gasteiger partial charge < -0.3 is 15.4 Å². The van der Waals surface area contributed by atoms with Crippen molar-refractivity contribution in [3.8, 4) is 0 Å². The van der Waals surface area contributed by atoms with E-state index in [9.17, 15) is 4.79 Å². The number of hydrogen-bond donors (Lipinski definition) is 2. The van der Waals surface area contributed by atoms with Gasteiger partial charge in [0, 0.05) is 19.3 Å². The van der Waals surface area contributed by atoms with Gasteiger partial charge in [-0.15, -0.1) is 0 Å². The second-order valence-corrected chi connectivity index (χ2v) is 6.93. The van der Waals surface area contributed by atoms with E-state index in [1.165, 1.54) is 5.56 Å². The van der Waals surface area contributed by atoms with Crippen LogP contribution in [0.3, 0.4) is 0 Å². The fourth-order valence-corrected chi connectivity index (χ4v) is 3.51. The predicted octanol–water partition coefficient (Wildman–Crippen LogP) is 2.99. The molecule has 2 aromatic rings. The number of rotatable bonds is 6. The maximum Gasteiger partial charge on any atom is 0.319 e. The Kier molecular flexibility index (Phi) is 4.70. The lowest BCUT2D eigenvalue weighted by molar-refractivity contribution is 0.0940. The SMILES string of the molecule is O=C(NCC1CC1c1ccccc1)Nc1cnn(CC2CCCO2)c1. The zero-order valence-corrected chi connectivity index (χ0v) is 14.2. The number of carbonyl (C=O) groups is 1. The highest BCUT2D eigenvalue weighted by molar-refractivity contribution is 5.88. The molecule has 4 rings (SSSR count). The first-order valence-electron chi connectivity index (χ1n) is 9.02. The largest absolute Gasteiger partial charge is 0.376 e. The van der Waals surface area contributed by atoms with Crippen LogP contribution in [0.4, 0.5) is 10.5 Å². The third-order valence-electron chi connectivity index (χ3n) is 4.98. The van der Waals surface area contributed by atoms with Crippen molar-refractivity contribution in [2.24, 2.45) is 5.92 Å². The minimum atomic E-state index is -0.171. The van der Waals surface area contributed by atoms with Crippen molar-refractivity contribution in [1.29, 1.82) is 0 Å². The molecular weight excluding hydrogens is 316 g/mol. The van der Waals surface area contributed by atoms with E-state index in [-0.39, 0.29) is 12.1 Å². The summed E-state index contributed by atoms with van der Waals surface area (Å²) in [5.41, 5.74) is 2.08. The van der Waals surface area contributed by atoms with Crippen molar-refractivity contribution >= 4 is 11.7 Å². The van der Waals surface area contributed by atoms with E-state index in [0.29, 0.717) is 24.1 Å². The van der Waals surface area contributed by atoms with Crippen LogP contribution >= 0.6 is 0 Å². The summed E-state index contributed by atoms with van der Waals surface area (Å²) < 4.78 is 7.44. The Hall–Kier alpha value is -2.34. The van der Waals surface area contributed by atoms with Crippen molar-refractivity contribution in [2.45, 2.75) is 37.8 Å². The molecular formula is C19H24N4O2. The smallest absolute Gasteiger partial charge is 0.319 e. The monoisotopic (exact) mass is 340 g/mol. The Morgan fingerprint density at radius 2 is 2.20 bits per heavy atom. The quantitative estimate of drug-likeness (QED) is 0.849. The van der Waals surface area contributed by atoms with E-state index >= 15 is 0 Å². The number of urea groups is 1. The van der Waals surface area contributed by atoms with Gasteiger partial charge in [0.2, 0.25) is 0 Å². The minimum absolute atomic E-state index is 0.171. The number of aromatic nitrogens is 2. The lowest BCUT2D eigenvalue weighted by Gasteiger charge is -2.08. The number of ether oxygens (including phenoxy) is 1. The van der Waals surface area contributed by atoms with Crippen LogP contribution < -0.4 is 10.6 Å². The molecule has 2 fully saturated rings. The van der Waals surface area contributed by atoms with Crippen molar-refractivity contribution < 1.29 is 9.53 Å². The van der Waals surface area contributed by atoms with Crippen LogP contribution in [0.2, 0.25) is 0 Å². The molecule has 0 spiro atoms. The summed E-state index contributed by atoms with van der Waals surface area (Å²) in [6.45, 7) is 2.28. The Balaban J connectivity index is 1.20. The van der Waals surface area contributed by atoms with E-state index in [1.54, 1.807) is 6.20 Å². The summed E-state index contributed by atoms with van der Waals surface area (Å²) in [5.74, 6) is 1.12. The van der Waals surface area contributed by atoms with Crippen LogP contribution in [-0.4, -0.2) is 35.1 Å². The molecule has 1 aromatic heterocycles. The Bertz CT molecular complexity index is 709. The number of benzene rings is 1. The molecule has 3 unspecified atom stereocenters. The van der Waals surface area contributed by atoms with Gasteiger partial charge in [0.25, 0.3) is 0 Å². The zero-order valence-electron chi connectivity index (χ0n) is 14.2. The molecule has 1 saturated carbocycles. The highest BCUT2D eigenvalue weighted by Gasteiger charge is 2.38. The Labute approximate surface area is 147 Å². The summed E-state index contributed by atoms with van der Waals surface area (Å²) in [5, 5.41) is 10.1. The highest BCUT2D eigenvalue weighted by atomic mass is 16.5. The lowest BCUT2D eigenvalue weighted by atomic mass is 10.1. The summed E-state index contributed by atoms with van der Waals surface area (Å²) in [4.78, 5) is 12.1. The van der Waals surface area contributed by atoms with Crippen molar-refractivity contribution in [1.82, 2.24) is 15.1 Å². The second kappa shape index (κ2) is 7.27. The third-order valence-corrected chi connectivity index (χ3v) is 4.98. The molecule has 3 atom stereocenters. The molecule has 6 nitrogen and oxygen atoms in total. The number of nitrogens with zero attached hydrogens (tertiary/aromatic N) is 2. The molecule has 2 heterocycles. The molecule has 0 radical (unpaired) electrons. The summed E-state index contributed by atoms with van der Waals surface area (Å²) >= 11 is 0. The van der Waals surface area contributed by atoms with Crippen LogP contribution in [-0.2, 0) is 11.3 Å². The maximum atomic E-state index is 12.1. The van der Waals surface area contributed by atoms with E-state index in [1.807, 2.05) is 16.9 Å². The molecule has 25 heavy (non-hydrogen) atoms. The molecule has 1 aliphatic heterocycles. The first-order chi connectivity index (χ1) is 12.3. The van der Waals surface area contributed by atoms with E-state index in [0.717, 1.165) is 32.4 Å². The van der Waals surface area contributed by atoms with Gasteiger partial charge in [-0.1, -0.05) is 30.3 Å². The van der Waals surface area contributed by atoms with Crippen LogP contribution in [0.25, 0.3) is 0 Å². The molecule has 132 valence electrons. The van der Waals surface area contributed by atoms with Gasteiger partial charge in [0.05, 0.1) is 24.5 Å². The second-order valence-electron chi connectivity index (χ2n) is 6.93. The normalized spacial score (nSPS) is 24.9. The summed E-state index contributed by atoms with van der Waals surface area (Å²) in [6.07, 6.45) is 7.11. The highest BCUT2D eigenvalue weighted by Crippen LogP contribution is 2.46. The van der Waals surface area contributed by atoms with E-state index in [2.05, 4.69) is 40.0 Å². The molecule has 1 aliphatic carbocycles. The van der Waals surface area contributed by atoms with E-state index < -0.39 is 0 Å². The molecule has 6 heteroatoms. The van der Waals surface area contributed by atoms with Crippen LogP contribution in [0.5, 0.6) is 0 Å². The molecule has 2 amide bonds. The standard InChI is InChI=1S/C19H24N4O2/c24-19(20-10-15-9-18(15)14-5-2-1-3-6-14)22-16-11-21-23(12-16)13-17-7-4-8-25-17/h1-3,5-6,11-12,15,17-18H,4,7-10,13H2,(H2,20,22,24). The average Bonchev–Trinajstić information content (AvgIpc) is 2.98. The van der Waals surface area contributed by atoms with Gasteiger partial charge in [0.1, 0.15) is 0 Å². The first-order valence-corrected chi connectivity index (χ1v) is 9.02. The number of amides is 2. The molecule has 1 saturated heterocycles. The van der Waals surface area contributed by atoms with Crippen molar-refractivity contribution in [3.63, 3.8) is 0 Å². The Morgan fingerprint density at radius 3 is 3.00 bits per heavy atom. The molecule has 2 N–H and O–H groups in total. The third kappa shape index (κ3) is 4.20. The van der Waals surface area contributed by atoms with Gasteiger partial charge in [-0.3, -0.25) is 4.68 Å². The summed E-state index contributed by atoms with van der Waals surface area (Å²) in [6, 6.07) is 10.3. The van der Waals surface area contributed by atoms with E-state index in [4.69, 9.17) is 4.74 Å². The van der Waals surface area contributed by atoms with Crippen LogP contribution in [0.15, 0.2) is 42.7 Å². The molecule has 0 bridgehead atoms. The maximum absolute atomic E-state index is 12.1. The molecule has 2 aliphatic rings. The van der Waals surface area contributed by atoms with Gasteiger partial charge in [0.15, 0.2) is 0 Å². The number of nitrogens with one attached hydrogen (secondary N) is 2. The summed E-state index contributed by atoms with van der Waals surface area (Å²) in [7, 11) is 0. The van der Waals surface area contributed by atoms with Gasteiger partial charge in [-0.05, 0) is 36.7 Å².